The van der Waals surface area contributed by atoms with Crippen LogP contribution < -0.4 is 11.1 Å². The van der Waals surface area contributed by atoms with Gasteiger partial charge in [-0.2, -0.15) is 0 Å². The molecule has 0 unspecified atom stereocenters. The first kappa shape index (κ1) is 10.4. The minimum atomic E-state index is 0.626. The molecule has 1 aliphatic heterocycles. The minimum absolute atomic E-state index is 0.626. The van der Waals surface area contributed by atoms with E-state index >= 15 is 0 Å². The van der Waals surface area contributed by atoms with Crippen molar-refractivity contribution in [3.63, 3.8) is 0 Å². The quantitative estimate of drug-likeness (QED) is 0.769. The van der Waals surface area contributed by atoms with Crippen molar-refractivity contribution in [2.45, 2.75) is 19.4 Å². The summed E-state index contributed by atoms with van der Waals surface area (Å²) in [7, 11) is 0. The fourth-order valence-electron chi connectivity index (χ4n) is 1.88. The molecule has 0 amide bonds. The van der Waals surface area contributed by atoms with Gasteiger partial charge < -0.3 is 11.1 Å². The van der Waals surface area contributed by atoms with Gasteiger partial charge in [-0.3, -0.25) is 0 Å². The molecule has 0 spiro atoms. The van der Waals surface area contributed by atoms with E-state index in [1.54, 1.807) is 5.57 Å². The lowest BCUT2D eigenvalue weighted by molar-refractivity contribution is 0.613. The Kier molecular flexibility index (Phi) is 3.54. The van der Waals surface area contributed by atoms with E-state index in [1.807, 2.05) is 0 Å². The molecule has 0 aliphatic carbocycles. The van der Waals surface area contributed by atoms with Gasteiger partial charge >= 0.3 is 0 Å². The van der Waals surface area contributed by atoms with E-state index in [9.17, 15) is 0 Å². The Morgan fingerprint density at radius 2 is 1.80 bits per heavy atom. The largest absolute Gasteiger partial charge is 0.326 e. The van der Waals surface area contributed by atoms with Gasteiger partial charge in [0.2, 0.25) is 0 Å². The van der Waals surface area contributed by atoms with E-state index in [-0.39, 0.29) is 0 Å². The number of hydrogen-bond donors (Lipinski definition) is 2. The molecular weight excluding hydrogens is 184 g/mol. The molecule has 0 aromatic heterocycles. The van der Waals surface area contributed by atoms with Gasteiger partial charge in [-0.15, -0.1) is 0 Å². The van der Waals surface area contributed by atoms with Crippen molar-refractivity contribution in [1.82, 2.24) is 5.32 Å². The highest BCUT2D eigenvalue weighted by Gasteiger charge is 2.03. The Morgan fingerprint density at radius 3 is 2.40 bits per heavy atom. The molecule has 2 nitrogen and oxygen atoms in total. The summed E-state index contributed by atoms with van der Waals surface area (Å²) in [5.74, 6) is 0. The van der Waals surface area contributed by atoms with Crippen molar-refractivity contribution in [3.05, 3.63) is 41.0 Å². The van der Waals surface area contributed by atoms with E-state index in [2.05, 4.69) is 35.7 Å². The van der Waals surface area contributed by atoms with Gasteiger partial charge in [0.05, 0.1) is 0 Å². The van der Waals surface area contributed by atoms with Crippen LogP contribution in [0.15, 0.2) is 29.8 Å². The monoisotopic (exact) mass is 202 g/mol. The van der Waals surface area contributed by atoms with Crippen molar-refractivity contribution < 1.29 is 0 Å². The van der Waals surface area contributed by atoms with Gasteiger partial charge in [0.25, 0.3) is 0 Å². The van der Waals surface area contributed by atoms with Gasteiger partial charge in [0.15, 0.2) is 0 Å². The molecule has 3 N–H and O–H groups in total. The summed E-state index contributed by atoms with van der Waals surface area (Å²) in [5.41, 5.74) is 9.60. The first-order valence-corrected chi connectivity index (χ1v) is 5.57. The summed E-state index contributed by atoms with van der Waals surface area (Å²) in [5, 5.41) is 3.36. The second-order valence-electron chi connectivity index (χ2n) is 4.00. The maximum Gasteiger partial charge on any atom is 0.0178 e. The van der Waals surface area contributed by atoms with Crippen LogP contribution in [0.25, 0.3) is 6.08 Å². The van der Waals surface area contributed by atoms with Crippen LogP contribution in [-0.4, -0.2) is 13.1 Å². The Morgan fingerprint density at radius 1 is 1.13 bits per heavy atom. The van der Waals surface area contributed by atoms with Crippen molar-refractivity contribution in [2.24, 2.45) is 5.73 Å². The number of hydrogen-bond acceptors (Lipinski definition) is 2. The molecule has 1 heterocycles. The Balaban J connectivity index is 2.08. The van der Waals surface area contributed by atoms with Crippen LogP contribution in [0.2, 0.25) is 0 Å². The molecule has 1 saturated heterocycles. The molecule has 0 atom stereocenters. The second-order valence-corrected chi connectivity index (χ2v) is 4.00. The highest BCUT2D eigenvalue weighted by molar-refractivity contribution is 5.53. The zero-order valence-electron chi connectivity index (χ0n) is 9.00. The second kappa shape index (κ2) is 5.10. The predicted octanol–water partition coefficient (Wildman–Crippen LogP) is 1.91. The van der Waals surface area contributed by atoms with Crippen molar-refractivity contribution in [2.75, 3.05) is 13.1 Å². The molecule has 0 saturated carbocycles. The normalized spacial score (nSPS) is 16.5. The molecule has 0 bridgehead atoms. The lowest BCUT2D eigenvalue weighted by Gasteiger charge is -2.15. The standard InChI is InChI=1S/C13H18N2/c14-10-13-3-1-11(2-4-13)9-12-5-7-15-8-6-12/h1-4,9,15H,5-8,10,14H2. The third kappa shape index (κ3) is 2.91. The van der Waals surface area contributed by atoms with Gasteiger partial charge in [-0.25, -0.2) is 0 Å². The van der Waals surface area contributed by atoms with Gasteiger partial charge in [0.1, 0.15) is 0 Å². The Hall–Kier alpha value is -1.12. The van der Waals surface area contributed by atoms with Gasteiger partial charge in [-0.1, -0.05) is 35.9 Å². The Bertz CT molecular complexity index is 330. The summed E-state index contributed by atoms with van der Waals surface area (Å²) in [6.45, 7) is 2.86. The molecule has 80 valence electrons. The van der Waals surface area contributed by atoms with Crippen LogP contribution in [0, 0.1) is 0 Å². The maximum absolute atomic E-state index is 5.56. The Labute approximate surface area is 91.2 Å². The van der Waals surface area contributed by atoms with Crippen LogP contribution >= 0.6 is 0 Å². The van der Waals surface area contributed by atoms with Crippen LogP contribution in [0.3, 0.4) is 0 Å². The zero-order valence-corrected chi connectivity index (χ0v) is 9.00. The molecular formula is C13H18N2. The number of benzene rings is 1. The van der Waals surface area contributed by atoms with Crippen LogP contribution in [-0.2, 0) is 6.54 Å². The average molecular weight is 202 g/mol. The predicted molar refractivity (Wildman–Crippen MR) is 64.4 cm³/mol. The summed E-state index contributed by atoms with van der Waals surface area (Å²) >= 11 is 0. The maximum atomic E-state index is 5.56. The van der Waals surface area contributed by atoms with Crippen LogP contribution in [0.4, 0.5) is 0 Å². The van der Waals surface area contributed by atoms with Crippen molar-refractivity contribution >= 4 is 6.08 Å². The molecule has 1 aromatic carbocycles. The first-order valence-electron chi connectivity index (χ1n) is 5.57. The third-order valence-corrected chi connectivity index (χ3v) is 2.83. The SMILES string of the molecule is NCc1ccc(C=C2CCNCC2)cc1. The van der Waals surface area contributed by atoms with Crippen LogP contribution in [0.1, 0.15) is 24.0 Å². The lowest BCUT2D eigenvalue weighted by atomic mass is 10.0. The highest BCUT2D eigenvalue weighted by atomic mass is 14.9. The van der Waals surface area contributed by atoms with Gasteiger partial charge in [-0.05, 0) is 37.1 Å². The topological polar surface area (TPSA) is 38.0 Å². The smallest absolute Gasteiger partial charge is 0.0178 e. The van der Waals surface area contributed by atoms with E-state index in [1.165, 1.54) is 24.0 Å². The van der Waals surface area contributed by atoms with E-state index in [0.717, 1.165) is 13.1 Å². The molecule has 0 radical (unpaired) electrons. The lowest BCUT2D eigenvalue weighted by Crippen LogP contribution is -2.22. The summed E-state index contributed by atoms with van der Waals surface area (Å²) in [6, 6.07) is 8.51. The first-order chi connectivity index (χ1) is 7.38. The molecule has 1 aromatic rings. The molecule has 15 heavy (non-hydrogen) atoms. The van der Waals surface area contributed by atoms with Gasteiger partial charge in [0, 0.05) is 6.54 Å². The summed E-state index contributed by atoms with van der Waals surface area (Å²) in [6.07, 6.45) is 4.67. The number of nitrogens with one attached hydrogen (secondary N) is 1. The minimum Gasteiger partial charge on any atom is -0.326 e. The summed E-state index contributed by atoms with van der Waals surface area (Å²) < 4.78 is 0. The fourth-order valence-corrected chi connectivity index (χ4v) is 1.88. The highest BCUT2D eigenvalue weighted by Crippen LogP contribution is 2.15. The summed E-state index contributed by atoms with van der Waals surface area (Å²) in [4.78, 5) is 0. The zero-order chi connectivity index (χ0) is 10.5. The third-order valence-electron chi connectivity index (χ3n) is 2.83. The number of nitrogens with two attached hydrogens (primary N) is 1. The van der Waals surface area contributed by atoms with Crippen LogP contribution in [0.5, 0.6) is 0 Å². The molecule has 2 rings (SSSR count). The molecule has 2 heteroatoms. The average Bonchev–Trinajstić information content (AvgIpc) is 2.31. The number of rotatable bonds is 2. The van der Waals surface area contributed by atoms with E-state index in [4.69, 9.17) is 5.73 Å². The van der Waals surface area contributed by atoms with E-state index < -0.39 is 0 Å². The fraction of sp³-hybridized carbons (Fsp3) is 0.385. The van der Waals surface area contributed by atoms with Crippen molar-refractivity contribution in [3.8, 4) is 0 Å². The number of piperidine rings is 1. The van der Waals surface area contributed by atoms with Crippen molar-refractivity contribution in [1.29, 1.82) is 0 Å². The molecule has 1 fully saturated rings. The molecule has 1 aliphatic rings. The van der Waals surface area contributed by atoms with E-state index in [0.29, 0.717) is 6.54 Å².